The van der Waals surface area contributed by atoms with Crippen molar-refractivity contribution >= 4 is 23.2 Å². The lowest BCUT2D eigenvalue weighted by Crippen LogP contribution is -2.60. The molecule has 0 unspecified atom stereocenters. The second-order valence-electron chi connectivity index (χ2n) is 6.26. The van der Waals surface area contributed by atoms with Crippen LogP contribution in [-0.2, 0) is 16.1 Å². The van der Waals surface area contributed by atoms with E-state index in [1.54, 1.807) is 4.90 Å². The third-order valence-electron chi connectivity index (χ3n) is 4.56. The van der Waals surface area contributed by atoms with Crippen molar-refractivity contribution in [2.24, 2.45) is 0 Å². The van der Waals surface area contributed by atoms with Gasteiger partial charge >= 0.3 is 0 Å². The molecule has 4 rings (SSSR count). The maximum absolute atomic E-state index is 12.8. The molecule has 1 aliphatic rings. The molecule has 0 saturated carbocycles. The highest BCUT2D eigenvalue weighted by Crippen LogP contribution is 2.41. The molecule has 0 N–H and O–H groups in total. The number of halogens is 1. The van der Waals surface area contributed by atoms with Gasteiger partial charge in [0.1, 0.15) is 0 Å². The first-order chi connectivity index (χ1) is 12.7. The monoisotopic (exact) mass is 363 g/mol. The first kappa shape index (κ1) is 16.8. The van der Waals surface area contributed by atoms with E-state index in [2.05, 4.69) is 0 Å². The van der Waals surface area contributed by atoms with Crippen molar-refractivity contribution < 1.29 is 9.53 Å². The predicted octanol–water partition coefficient (Wildman–Crippen LogP) is 5.01. The molecule has 3 nitrogen and oxygen atoms in total. The van der Waals surface area contributed by atoms with E-state index < -0.39 is 6.10 Å². The Kier molecular flexibility index (Phi) is 4.74. The van der Waals surface area contributed by atoms with Gasteiger partial charge in [0.2, 0.25) is 0 Å². The molecule has 0 spiro atoms. The first-order valence-corrected chi connectivity index (χ1v) is 8.91. The Morgan fingerprint density at radius 2 is 1.46 bits per heavy atom. The maximum atomic E-state index is 12.8. The van der Waals surface area contributed by atoms with Crippen molar-refractivity contribution in [3.63, 3.8) is 0 Å². The molecule has 2 atom stereocenters. The number of rotatable bonds is 5. The quantitative estimate of drug-likeness (QED) is 0.596. The van der Waals surface area contributed by atoms with Crippen molar-refractivity contribution in [2.45, 2.75) is 18.8 Å². The molecule has 130 valence electrons. The predicted molar refractivity (Wildman–Crippen MR) is 103 cm³/mol. The Labute approximate surface area is 157 Å². The highest BCUT2D eigenvalue weighted by molar-refractivity contribution is 6.30. The second kappa shape index (κ2) is 7.32. The van der Waals surface area contributed by atoms with E-state index in [-0.39, 0.29) is 11.9 Å². The van der Waals surface area contributed by atoms with E-state index in [1.807, 2.05) is 84.9 Å². The van der Waals surface area contributed by atoms with Crippen LogP contribution in [0.2, 0.25) is 5.02 Å². The van der Waals surface area contributed by atoms with Crippen LogP contribution in [0.1, 0.15) is 17.2 Å². The molecule has 0 aromatic heterocycles. The Balaban J connectivity index is 1.60. The average Bonchev–Trinajstić information content (AvgIpc) is 2.69. The lowest BCUT2D eigenvalue weighted by molar-refractivity contribution is -0.143. The molecule has 1 saturated heterocycles. The molecule has 1 aliphatic heterocycles. The summed E-state index contributed by atoms with van der Waals surface area (Å²) in [7, 11) is 0. The zero-order valence-electron chi connectivity index (χ0n) is 14.1. The number of benzene rings is 3. The van der Waals surface area contributed by atoms with E-state index in [4.69, 9.17) is 16.3 Å². The van der Waals surface area contributed by atoms with E-state index in [0.717, 1.165) is 16.8 Å². The van der Waals surface area contributed by atoms with Crippen molar-refractivity contribution in [3.05, 3.63) is 101 Å². The highest BCUT2D eigenvalue weighted by atomic mass is 35.5. The number of β-lactam (4-membered cyclic amide) rings is 1. The van der Waals surface area contributed by atoms with Crippen LogP contribution >= 0.6 is 11.6 Å². The van der Waals surface area contributed by atoms with Crippen molar-refractivity contribution in [3.8, 4) is 0 Å². The largest absolute Gasteiger partial charge is 0.361 e. The third kappa shape index (κ3) is 3.24. The second-order valence-corrected chi connectivity index (χ2v) is 6.69. The molecule has 1 amide bonds. The van der Waals surface area contributed by atoms with Gasteiger partial charge in [0.05, 0.1) is 12.6 Å². The molecule has 3 aromatic carbocycles. The lowest BCUT2D eigenvalue weighted by Gasteiger charge is -2.46. The number of carbonyl (C=O) groups excluding carboxylic acids is 1. The summed E-state index contributed by atoms with van der Waals surface area (Å²) >= 11 is 6.03. The van der Waals surface area contributed by atoms with Gasteiger partial charge in [-0.2, -0.15) is 0 Å². The van der Waals surface area contributed by atoms with Gasteiger partial charge in [0, 0.05) is 10.7 Å². The van der Waals surface area contributed by atoms with Crippen LogP contribution in [0.5, 0.6) is 0 Å². The van der Waals surface area contributed by atoms with E-state index in [1.165, 1.54) is 0 Å². The molecule has 0 radical (unpaired) electrons. The number of amides is 1. The van der Waals surface area contributed by atoms with Crippen LogP contribution < -0.4 is 4.90 Å². The van der Waals surface area contributed by atoms with Crippen LogP contribution in [0, 0.1) is 0 Å². The minimum atomic E-state index is -0.503. The van der Waals surface area contributed by atoms with E-state index >= 15 is 0 Å². The van der Waals surface area contributed by atoms with E-state index in [9.17, 15) is 4.79 Å². The Hall–Kier alpha value is -2.62. The summed E-state index contributed by atoms with van der Waals surface area (Å²) in [5.41, 5.74) is 2.93. The van der Waals surface area contributed by atoms with Gasteiger partial charge in [0.25, 0.3) is 5.91 Å². The van der Waals surface area contributed by atoms with Gasteiger partial charge in [0.15, 0.2) is 6.10 Å². The summed E-state index contributed by atoms with van der Waals surface area (Å²) < 4.78 is 6.00. The molecular formula is C22H18ClNO2. The number of ether oxygens (including phenoxy) is 1. The van der Waals surface area contributed by atoms with Gasteiger partial charge < -0.3 is 4.74 Å². The summed E-state index contributed by atoms with van der Waals surface area (Å²) in [6.45, 7) is 0.407. The number of para-hydroxylation sites is 1. The van der Waals surface area contributed by atoms with Crippen LogP contribution in [-0.4, -0.2) is 12.0 Å². The molecule has 4 heteroatoms. The number of anilines is 1. The minimum Gasteiger partial charge on any atom is -0.361 e. The lowest BCUT2D eigenvalue weighted by atomic mass is 9.89. The molecule has 3 aromatic rings. The van der Waals surface area contributed by atoms with Crippen LogP contribution in [0.15, 0.2) is 84.9 Å². The SMILES string of the molecule is O=C1[C@@H](OCc2ccccc2)[C@@H](c2ccc(Cl)cc2)N1c1ccccc1. The summed E-state index contributed by atoms with van der Waals surface area (Å²) in [5.74, 6) is -0.0212. The van der Waals surface area contributed by atoms with Gasteiger partial charge in [-0.15, -0.1) is 0 Å². The number of hydrogen-bond acceptors (Lipinski definition) is 2. The molecular weight excluding hydrogens is 346 g/mol. The summed E-state index contributed by atoms with van der Waals surface area (Å²) in [6, 6.07) is 27.0. The molecule has 0 aliphatic carbocycles. The van der Waals surface area contributed by atoms with Crippen molar-refractivity contribution in [1.82, 2.24) is 0 Å². The van der Waals surface area contributed by atoms with Gasteiger partial charge in [-0.25, -0.2) is 0 Å². The fourth-order valence-electron chi connectivity index (χ4n) is 3.25. The third-order valence-corrected chi connectivity index (χ3v) is 4.82. The van der Waals surface area contributed by atoms with Crippen LogP contribution in [0.25, 0.3) is 0 Å². The minimum absolute atomic E-state index is 0.0212. The fourth-order valence-corrected chi connectivity index (χ4v) is 3.37. The van der Waals surface area contributed by atoms with Crippen molar-refractivity contribution in [2.75, 3.05) is 4.90 Å². The van der Waals surface area contributed by atoms with Gasteiger partial charge in [-0.05, 0) is 35.4 Å². The first-order valence-electron chi connectivity index (χ1n) is 8.53. The van der Waals surface area contributed by atoms with Crippen molar-refractivity contribution in [1.29, 1.82) is 0 Å². The fraction of sp³-hybridized carbons (Fsp3) is 0.136. The van der Waals surface area contributed by atoms with Crippen LogP contribution in [0.4, 0.5) is 5.69 Å². The Morgan fingerprint density at radius 3 is 2.12 bits per heavy atom. The molecule has 0 bridgehead atoms. The zero-order chi connectivity index (χ0) is 17.9. The topological polar surface area (TPSA) is 29.5 Å². The summed E-state index contributed by atoms with van der Waals surface area (Å²) in [4.78, 5) is 14.6. The standard InChI is InChI=1S/C22H18ClNO2/c23-18-13-11-17(12-14-18)20-21(26-15-16-7-3-1-4-8-16)22(25)24(20)19-9-5-2-6-10-19/h1-14,20-21H,15H2/t20-,21+/m1/s1. The molecule has 1 fully saturated rings. The van der Waals surface area contributed by atoms with E-state index in [0.29, 0.717) is 11.6 Å². The number of hydrogen-bond donors (Lipinski definition) is 0. The smallest absolute Gasteiger partial charge is 0.259 e. The Bertz CT molecular complexity index is 881. The zero-order valence-corrected chi connectivity index (χ0v) is 14.8. The number of nitrogens with zero attached hydrogens (tertiary/aromatic N) is 1. The van der Waals surface area contributed by atoms with Crippen LogP contribution in [0.3, 0.4) is 0 Å². The van der Waals surface area contributed by atoms with Gasteiger partial charge in [-0.1, -0.05) is 72.3 Å². The average molecular weight is 364 g/mol. The maximum Gasteiger partial charge on any atom is 0.259 e. The normalized spacial score (nSPS) is 19.3. The molecule has 26 heavy (non-hydrogen) atoms. The molecule has 1 heterocycles. The summed E-state index contributed by atoms with van der Waals surface area (Å²) in [5, 5.41) is 0.674. The highest BCUT2D eigenvalue weighted by Gasteiger charge is 2.49. The number of carbonyl (C=O) groups is 1. The van der Waals surface area contributed by atoms with Gasteiger partial charge in [-0.3, -0.25) is 9.69 Å². The summed E-state index contributed by atoms with van der Waals surface area (Å²) in [6.07, 6.45) is -0.503. The Morgan fingerprint density at radius 1 is 0.846 bits per heavy atom.